The molecule has 10 heteroatoms. The first kappa shape index (κ1) is 50.4. The van der Waals surface area contributed by atoms with Gasteiger partial charge in [-0.15, -0.1) is 0 Å². The van der Waals surface area contributed by atoms with Crippen LogP contribution in [0.2, 0.25) is 0 Å². The van der Waals surface area contributed by atoms with E-state index in [1.54, 1.807) is 48.5 Å². The number of unbranched alkanes of at least 4 members (excludes halogenated alkanes) is 3. The molecule has 6 unspecified atom stereocenters. The number of rotatable bonds is 29. The molecule has 0 amide bonds. The zero-order valence-corrected chi connectivity index (χ0v) is 35.4. The van der Waals surface area contributed by atoms with E-state index < -0.39 is 12.2 Å². The summed E-state index contributed by atoms with van der Waals surface area (Å²) in [7, 11) is 0. The smallest absolute Gasteiger partial charge is 0.115 e. The van der Waals surface area contributed by atoms with Gasteiger partial charge in [-0.1, -0.05) is 99.3 Å². The Morgan fingerprint density at radius 1 is 0.618 bits per heavy atom. The number of anilines is 2. The van der Waals surface area contributed by atoms with Crippen LogP contribution in [-0.2, 0) is 18.9 Å². The molecule has 2 aromatic carbocycles. The van der Waals surface area contributed by atoms with Crippen LogP contribution in [0.5, 0.6) is 11.5 Å². The van der Waals surface area contributed by atoms with Gasteiger partial charge < -0.3 is 50.0 Å². The van der Waals surface area contributed by atoms with Crippen molar-refractivity contribution >= 4 is 11.4 Å². The predicted molar refractivity (Wildman–Crippen MR) is 227 cm³/mol. The monoisotopic (exact) mass is 777 g/mol. The summed E-state index contributed by atoms with van der Waals surface area (Å²) in [6.07, 6.45) is 13.5. The summed E-state index contributed by atoms with van der Waals surface area (Å²) in [6, 6.07) is 13.2. The number of aromatic hydroxyl groups is 2. The van der Waals surface area contributed by atoms with E-state index in [1.165, 1.54) is 51.4 Å². The molecule has 0 aromatic heterocycles. The van der Waals surface area contributed by atoms with Gasteiger partial charge in [-0.3, -0.25) is 0 Å². The van der Waals surface area contributed by atoms with Gasteiger partial charge in [0.15, 0.2) is 0 Å². The molecule has 1 aliphatic heterocycles. The van der Waals surface area contributed by atoms with Crippen molar-refractivity contribution in [3.05, 3.63) is 48.5 Å². The Morgan fingerprint density at radius 3 is 1.35 bits per heavy atom. The van der Waals surface area contributed by atoms with Crippen molar-refractivity contribution in [3.63, 3.8) is 0 Å². The second-order valence-electron chi connectivity index (χ2n) is 15.1. The largest absolute Gasteiger partial charge is 0.508 e. The van der Waals surface area contributed by atoms with Crippen LogP contribution in [0.1, 0.15) is 119 Å². The lowest BCUT2D eigenvalue weighted by atomic mass is 10.0. The highest BCUT2D eigenvalue weighted by atomic mass is 16.6. The second kappa shape index (κ2) is 32.5. The van der Waals surface area contributed by atoms with Crippen molar-refractivity contribution in [3.8, 4) is 11.5 Å². The van der Waals surface area contributed by atoms with Gasteiger partial charge in [0, 0.05) is 44.3 Å². The van der Waals surface area contributed by atoms with E-state index in [4.69, 9.17) is 29.8 Å². The zero-order valence-electron chi connectivity index (χ0n) is 35.4. The van der Waals surface area contributed by atoms with Gasteiger partial charge in [0.05, 0.1) is 38.6 Å². The molecular weight excluding hydrogens is 697 g/mol. The molecule has 6 N–H and O–H groups in total. The summed E-state index contributed by atoms with van der Waals surface area (Å²) in [5, 5.41) is 39.6. The van der Waals surface area contributed by atoms with Crippen molar-refractivity contribution in [1.29, 1.82) is 0 Å². The molecule has 1 fully saturated rings. The number of benzene rings is 2. The van der Waals surface area contributed by atoms with Gasteiger partial charge in [0.1, 0.15) is 17.6 Å². The number of hydrogen-bond acceptors (Lipinski definition) is 10. The summed E-state index contributed by atoms with van der Waals surface area (Å²) in [6.45, 7) is 18.4. The summed E-state index contributed by atoms with van der Waals surface area (Å²) in [5.41, 5.74) is 6.82. The van der Waals surface area contributed by atoms with Crippen molar-refractivity contribution < 1.29 is 39.4 Å². The molecule has 0 spiro atoms. The molecule has 1 heterocycles. The third kappa shape index (κ3) is 26.8. The Balaban J connectivity index is 0.000000577. The number of nitrogen functional groups attached to an aromatic ring is 1. The van der Waals surface area contributed by atoms with Gasteiger partial charge >= 0.3 is 0 Å². The molecule has 2 aromatic rings. The number of ether oxygens (including phenoxy) is 4. The fraction of sp³-hybridized carbons (Fsp3) is 0.733. The minimum atomic E-state index is -0.677. The lowest BCUT2D eigenvalue weighted by molar-refractivity contribution is 0.0133. The molecule has 0 bridgehead atoms. The van der Waals surface area contributed by atoms with E-state index in [0.29, 0.717) is 49.9 Å². The van der Waals surface area contributed by atoms with E-state index in [-0.39, 0.29) is 24.7 Å². The maximum absolute atomic E-state index is 10.6. The maximum Gasteiger partial charge on any atom is 0.115 e. The van der Waals surface area contributed by atoms with Gasteiger partial charge in [-0.25, -0.2) is 0 Å². The minimum Gasteiger partial charge on any atom is -0.508 e. The van der Waals surface area contributed by atoms with Crippen molar-refractivity contribution in [2.24, 2.45) is 17.8 Å². The molecule has 10 nitrogen and oxygen atoms in total. The predicted octanol–water partition coefficient (Wildman–Crippen LogP) is 8.98. The number of aliphatic hydroxyl groups is 2. The minimum absolute atomic E-state index is 0.187. The van der Waals surface area contributed by atoms with Gasteiger partial charge in [-0.2, -0.15) is 0 Å². The summed E-state index contributed by atoms with van der Waals surface area (Å²) in [4.78, 5) is 1.93. The van der Waals surface area contributed by atoms with Crippen LogP contribution in [0.4, 0.5) is 11.4 Å². The van der Waals surface area contributed by atoms with Crippen LogP contribution in [0.25, 0.3) is 0 Å². The Kier molecular flexibility index (Phi) is 29.8. The number of nitrogens with two attached hydrogens (primary N) is 1. The second-order valence-corrected chi connectivity index (χ2v) is 15.1. The first-order valence-corrected chi connectivity index (χ1v) is 21.4. The van der Waals surface area contributed by atoms with Gasteiger partial charge in [0.25, 0.3) is 0 Å². The van der Waals surface area contributed by atoms with Gasteiger partial charge in [-0.05, 0) is 85.5 Å². The fourth-order valence-corrected chi connectivity index (χ4v) is 6.00. The molecule has 1 aliphatic rings. The number of phenolic OH excluding ortho intramolecular Hbond substituents is 2. The third-order valence-corrected chi connectivity index (χ3v) is 9.99. The lowest BCUT2D eigenvalue weighted by Gasteiger charge is -2.30. The van der Waals surface area contributed by atoms with E-state index in [2.05, 4.69) is 41.5 Å². The van der Waals surface area contributed by atoms with Crippen LogP contribution in [0.15, 0.2) is 48.5 Å². The molecule has 55 heavy (non-hydrogen) atoms. The van der Waals surface area contributed by atoms with Crippen LogP contribution < -0.4 is 10.6 Å². The normalized spacial score (nSPS) is 16.1. The molecule has 0 aliphatic carbocycles. The molecule has 6 atom stereocenters. The number of phenols is 2. The summed E-state index contributed by atoms with van der Waals surface area (Å²) < 4.78 is 22.3. The van der Waals surface area contributed by atoms with E-state index in [1.807, 2.05) is 4.90 Å². The number of epoxide rings is 1. The third-order valence-electron chi connectivity index (χ3n) is 9.99. The molecule has 0 radical (unpaired) electrons. The maximum atomic E-state index is 10.6. The zero-order chi connectivity index (χ0) is 40.7. The number of nitrogens with zero attached hydrogens (tertiary/aromatic N) is 1. The molecule has 1 saturated heterocycles. The van der Waals surface area contributed by atoms with E-state index in [0.717, 1.165) is 57.1 Å². The molecule has 318 valence electrons. The standard InChI is InChI=1S/C28H51NO5.C11H22O2.C6H7NO/c1-5-9-11-23(7-3)19-33-21-27(31)17-29(25-13-15-26(30)16-14-25)18-28(32)22-34-20-24(8-4)12-10-6-2;1-3-5-6-10(4-2)7-12-8-11-9-13-11;7-5-1-3-6(8)4-2-5/h13-16,23-24,27-28,30-32H,5-12,17-22H2,1-4H3;10-11H,3-9H2,1-2H3;1-4,8H,7H2. The molecule has 3 rings (SSSR count). The number of hydrogen-bond donors (Lipinski definition) is 5. The van der Waals surface area contributed by atoms with Crippen molar-refractivity contribution in [2.75, 3.05) is 70.0 Å². The molecule has 0 saturated carbocycles. The van der Waals surface area contributed by atoms with Crippen LogP contribution in [0, 0.1) is 17.8 Å². The average Bonchev–Trinajstić information content (AvgIpc) is 4.02. The van der Waals surface area contributed by atoms with Crippen molar-refractivity contribution in [2.45, 2.75) is 137 Å². The van der Waals surface area contributed by atoms with Crippen molar-refractivity contribution in [1.82, 2.24) is 0 Å². The highest BCUT2D eigenvalue weighted by molar-refractivity contribution is 5.49. The summed E-state index contributed by atoms with van der Waals surface area (Å²) in [5.74, 6) is 2.26. The highest BCUT2D eigenvalue weighted by Crippen LogP contribution is 2.21. The SMILES string of the molecule is CCCCC(CC)COCC(O)CN(CC(O)COCC(CC)CCCC)c1ccc(O)cc1.CCCCC(CC)COCC1CO1.Nc1ccc(O)cc1. The quantitative estimate of drug-likeness (QED) is 0.0308. The van der Waals surface area contributed by atoms with Crippen LogP contribution in [-0.4, -0.2) is 98.1 Å². The Morgan fingerprint density at radius 2 is 1.00 bits per heavy atom. The summed E-state index contributed by atoms with van der Waals surface area (Å²) >= 11 is 0. The molecular formula is C45H80N2O8. The number of aliphatic hydroxyl groups excluding tert-OH is 2. The lowest BCUT2D eigenvalue weighted by Crippen LogP contribution is -2.41. The first-order valence-electron chi connectivity index (χ1n) is 21.4. The Labute approximate surface area is 334 Å². The highest BCUT2D eigenvalue weighted by Gasteiger charge is 2.23. The fourth-order valence-electron chi connectivity index (χ4n) is 6.00. The first-order chi connectivity index (χ1) is 26.6. The average molecular weight is 777 g/mol. The topological polar surface area (TPSA) is 150 Å². The van der Waals surface area contributed by atoms with E-state index >= 15 is 0 Å². The Hall–Kier alpha value is -2.60. The van der Waals surface area contributed by atoms with Crippen LogP contribution >= 0.6 is 0 Å². The van der Waals surface area contributed by atoms with E-state index in [9.17, 15) is 15.3 Å². The van der Waals surface area contributed by atoms with Gasteiger partial charge in [0.2, 0.25) is 0 Å². The van der Waals surface area contributed by atoms with Crippen LogP contribution in [0.3, 0.4) is 0 Å². The Bertz CT molecular complexity index is 1080.